The molecule has 5 rings (SSSR count). The summed E-state index contributed by atoms with van der Waals surface area (Å²) < 4.78 is 7.85. The second-order valence-corrected chi connectivity index (χ2v) is 6.98. The Morgan fingerprint density at radius 3 is 2.17 bits per heavy atom. The number of nitrogens with one attached hydrogen (secondary N) is 1. The summed E-state index contributed by atoms with van der Waals surface area (Å²) in [5.41, 5.74) is 3.62. The molecule has 4 aromatic rings. The molecule has 1 aliphatic rings. The number of hydrogen-bond donors (Lipinski definition) is 1. The lowest BCUT2D eigenvalue weighted by Crippen LogP contribution is -2.31. The number of carbonyl (C=O) groups excluding carboxylic acids is 1. The first kappa shape index (κ1) is 17.3. The molecule has 0 fully saturated rings. The zero-order valence-corrected chi connectivity index (χ0v) is 15.7. The molecule has 0 bridgehead atoms. The summed E-state index contributed by atoms with van der Waals surface area (Å²) in [6.07, 6.45) is 3.67. The third-order valence-corrected chi connectivity index (χ3v) is 5.08. The molecule has 2 heterocycles. The molecule has 5 heteroatoms. The van der Waals surface area contributed by atoms with Gasteiger partial charge in [0.15, 0.2) is 0 Å². The third kappa shape index (κ3) is 3.38. The monoisotopic (exact) mass is 381 g/mol. The molecule has 5 nitrogen and oxygen atoms in total. The predicted molar refractivity (Wildman–Crippen MR) is 110 cm³/mol. The fourth-order valence-electron chi connectivity index (χ4n) is 3.62. The molecule has 0 saturated heterocycles. The van der Waals surface area contributed by atoms with Crippen LogP contribution in [0.25, 0.3) is 0 Å². The highest BCUT2D eigenvalue weighted by Gasteiger charge is 2.28. The van der Waals surface area contributed by atoms with Gasteiger partial charge in [-0.3, -0.25) is 9.48 Å². The van der Waals surface area contributed by atoms with Crippen molar-refractivity contribution >= 4 is 5.91 Å². The van der Waals surface area contributed by atoms with Crippen molar-refractivity contribution in [3.8, 4) is 11.5 Å². The fraction of sp³-hybridized carbons (Fsp3) is 0.0833. The molecule has 0 aliphatic carbocycles. The van der Waals surface area contributed by atoms with Gasteiger partial charge in [-0.2, -0.15) is 5.10 Å². The minimum absolute atomic E-state index is 0.118. The van der Waals surface area contributed by atoms with E-state index in [1.165, 1.54) is 0 Å². The lowest BCUT2D eigenvalue weighted by atomic mass is 9.94. The van der Waals surface area contributed by atoms with Gasteiger partial charge in [0, 0.05) is 29.1 Å². The van der Waals surface area contributed by atoms with E-state index in [9.17, 15) is 4.79 Å². The smallest absolute Gasteiger partial charge is 0.252 e. The summed E-state index contributed by atoms with van der Waals surface area (Å²) in [4.78, 5) is 13.0. The van der Waals surface area contributed by atoms with Crippen molar-refractivity contribution in [2.75, 3.05) is 0 Å². The number of carbonyl (C=O) groups is 1. The van der Waals surface area contributed by atoms with Crippen molar-refractivity contribution in [3.05, 3.63) is 114 Å². The standard InChI is InChI=1S/C24H19N3O2/c28-24(18-12-10-17(11-13-18)16-27-15-5-14-25-27)26-23-19-6-1-3-8-21(19)29-22-9-4-2-7-20(22)23/h1-15,23H,16H2,(H,26,28). The molecule has 142 valence electrons. The predicted octanol–water partition coefficient (Wildman–Crippen LogP) is 4.56. The maximum atomic E-state index is 13.0. The van der Waals surface area contributed by atoms with Crippen molar-refractivity contribution in [3.63, 3.8) is 0 Å². The number of amides is 1. The Kier molecular flexibility index (Phi) is 4.33. The van der Waals surface area contributed by atoms with E-state index in [0.29, 0.717) is 12.1 Å². The molecule has 1 N–H and O–H groups in total. The molecule has 0 unspecified atom stereocenters. The first-order chi connectivity index (χ1) is 14.3. The van der Waals surface area contributed by atoms with E-state index in [1.54, 1.807) is 6.20 Å². The maximum absolute atomic E-state index is 13.0. The van der Waals surface area contributed by atoms with E-state index >= 15 is 0 Å². The van der Waals surface area contributed by atoms with Gasteiger partial charge in [-0.25, -0.2) is 0 Å². The number of fused-ring (bicyclic) bond motifs is 2. The van der Waals surface area contributed by atoms with Gasteiger partial charge in [0.2, 0.25) is 0 Å². The lowest BCUT2D eigenvalue weighted by molar-refractivity contribution is 0.0941. The van der Waals surface area contributed by atoms with Crippen LogP contribution in [0.4, 0.5) is 0 Å². The SMILES string of the molecule is O=C(NC1c2ccccc2Oc2ccccc21)c1ccc(Cn2cccn2)cc1. The van der Waals surface area contributed by atoms with Gasteiger partial charge < -0.3 is 10.1 Å². The van der Waals surface area contributed by atoms with Gasteiger partial charge in [0.25, 0.3) is 5.91 Å². The molecular formula is C24H19N3O2. The highest BCUT2D eigenvalue weighted by Crippen LogP contribution is 2.42. The molecule has 0 spiro atoms. The van der Waals surface area contributed by atoms with Crippen molar-refractivity contribution in [2.45, 2.75) is 12.6 Å². The largest absolute Gasteiger partial charge is 0.457 e. The summed E-state index contributed by atoms with van der Waals surface area (Å²) in [6.45, 7) is 0.676. The number of para-hydroxylation sites is 2. The van der Waals surface area contributed by atoms with Crippen LogP contribution in [-0.4, -0.2) is 15.7 Å². The molecule has 0 saturated carbocycles. The number of ether oxygens (including phenoxy) is 1. The molecule has 29 heavy (non-hydrogen) atoms. The van der Waals surface area contributed by atoms with Crippen LogP contribution in [0.15, 0.2) is 91.3 Å². The van der Waals surface area contributed by atoms with Gasteiger partial charge in [-0.1, -0.05) is 48.5 Å². The Balaban J connectivity index is 1.39. The summed E-state index contributed by atoms with van der Waals surface area (Å²) in [5.74, 6) is 1.42. The van der Waals surface area contributed by atoms with Gasteiger partial charge in [-0.05, 0) is 35.9 Å². The zero-order chi connectivity index (χ0) is 19.6. The molecule has 0 radical (unpaired) electrons. The normalized spacial score (nSPS) is 12.6. The van der Waals surface area contributed by atoms with Crippen molar-refractivity contribution in [1.29, 1.82) is 0 Å². The first-order valence-electron chi connectivity index (χ1n) is 9.51. The Hall–Kier alpha value is -3.86. The van der Waals surface area contributed by atoms with Crippen molar-refractivity contribution < 1.29 is 9.53 Å². The zero-order valence-electron chi connectivity index (χ0n) is 15.7. The Morgan fingerprint density at radius 1 is 0.897 bits per heavy atom. The molecular weight excluding hydrogens is 362 g/mol. The molecule has 3 aromatic carbocycles. The van der Waals surface area contributed by atoms with Gasteiger partial charge >= 0.3 is 0 Å². The number of benzene rings is 3. The molecule has 1 aromatic heterocycles. The molecule has 1 aliphatic heterocycles. The quantitative estimate of drug-likeness (QED) is 0.564. The first-order valence-corrected chi connectivity index (χ1v) is 9.51. The van der Waals surface area contributed by atoms with Crippen LogP contribution in [0.2, 0.25) is 0 Å². The highest BCUT2D eigenvalue weighted by atomic mass is 16.5. The lowest BCUT2D eigenvalue weighted by Gasteiger charge is -2.28. The summed E-state index contributed by atoms with van der Waals surface area (Å²) in [6, 6.07) is 24.9. The van der Waals surface area contributed by atoms with Crippen LogP contribution in [0.5, 0.6) is 11.5 Å². The third-order valence-electron chi connectivity index (χ3n) is 5.08. The summed E-state index contributed by atoms with van der Waals surface area (Å²) in [7, 11) is 0. The van der Waals surface area contributed by atoms with Crippen LogP contribution < -0.4 is 10.1 Å². The fourth-order valence-corrected chi connectivity index (χ4v) is 3.62. The molecule has 1 amide bonds. The van der Waals surface area contributed by atoms with Crippen molar-refractivity contribution in [2.24, 2.45) is 0 Å². The maximum Gasteiger partial charge on any atom is 0.252 e. The van der Waals surface area contributed by atoms with Gasteiger partial charge in [0.1, 0.15) is 11.5 Å². The summed E-state index contributed by atoms with van der Waals surface area (Å²) in [5, 5.41) is 7.39. The number of nitrogens with zero attached hydrogens (tertiary/aromatic N) is 2. The Bertz CT molecular complexity index is 1110. The average Bonchev–Trinajstić information content (AvgIpc) is 3.27. The van der Waals surface area contributed by atoms with Crippen LogP contribution in [0.3, 0.4) is 0 Å². The van der Waals surface area contributed by atoms with E-state index in [2.05, 4.69) is 10.4 Å². The average molecular weight is 381 g/mol. The van der Waals surface area contributed by atoms with Gasteiger partial charge in [-0.15, -0.1) is 0 Å². The van der Waals surface area contributed by atoms with E-state index in [1.807, 2.05) is 89.7 Å². The summed E-state index contributed by atoms with van der Waals surface area (Å²) >= 11 is 0. The second kappa shape index (κ2) is 7.28. The van der Waals surface area contributed by atoms with E-state index in [-0.39, 0.29) is 11.9 Å². The Morgan fingerprint density at radius 2 is 1.55 bits per heavy atom. The topological polar surface area (TPSA) is 56.1 Å². The van der Waals surface area contributed by atoms with Crippen LogP contribution in [-0.2, 0) is 6.54 Å². The van der Waals surface area contributed by atoms with Crippen molar-refractivity contribution in [1.82, 2.24) is 15.1 Å². The molecule has 0 atom stereocenters. The number of rotatable bonds is 4. The number of aromatic nitrogens is 2. The van der Waals surface area contributed by atoms with E-state index in [4.69, 9.17) is 4.74 Å². The van der Waals surface area contributed by atoms with E-state index < -0.39 is 0 Å². The Labute approximate surface area is 168 Å². The number of hydrogen-bond acceptors (Lipinski definition) is 3. The van der Waals surface area contributed by atoms with Crippen LogP contribution in [0.1, 0.15) is 33.1 Å². The van der Waals surface area contributed by atoms with Gasteiger partial charge in [0.05, 0.1) is 12.6 Å². The van der Waals surface area contributed by atoms with Crippen LogP contribution in [0, 0.1) is 0 Å². The van der Waals surface area contributed by atoms with Crippen LogP contribution >= 0.6 is 0 Å². The highest BCUT2D eigenvalue weighted by molar-refractivity contribution is 5.95. The minimum Gasteiger partial charge on any atom is -0.457 e. The minimum atomic E-state index is -0.257. The van der Waals surface area contributed by atoms with E-state index in [0.717, 1.165) is 28.2 Å². The second-order valence-electron chi connectivity index (χ2n) is 6.98.